The van der Waals surface area contributed by atoms with E-state index in [1.807, 2.05) is 0 Å². The summed E-state index contributed by atoms with van der Waals surface area (Å²) in [6.07, 6.45) is 1.68. The van der Waals surface area contributed by atoms with Gasteiger partial charge in [0.15, 0.2) is 0 Å². The van der Waals surface area contributed by atoms with E-state index in [2.05, 4.69) is 4.98 Å². The van der Waals surface area contributed by atoms with E-state index in [1.165, 1.54) is 39.5 Å². The first-order chi connectivity index (χ1) is 16.4. The summed E-state index contributed by atoms with van der Waals surface area (Å²) in [5.41, 5.74) is 1.82. The summed E-state index contributed by atoms with van der Waals surface area (Å²) < 4.78 is 17.3. The Hall–Kier alpha value is -4.66. The summed E-state index contributed by atoms with van der Waals surface area (Å²) in [6.45, 7) is 0. The Morgan fingerprint density at radius 3 is 1.97 bits per heavy atom. The van der Waals surface area contributed by atoms with Crippen molar-refractivity contribution in [3.8, 4) is 57.1 Å². The molecule has 0 aliphatic carbocycles. The Morgan fingerprint density at radius 2 is 1.44 bits per heavy atom. The van der Waals surface area contributed by atoms with Gasteiger partial charge >= 0.3 is 5.97 Å². The maximum Gasteiger partial charge on any atom is 0.339 e. The van der Waals surface area contributed by atoms with Crippen molar-refractivity contribution in [1.82, 2.24) is 9.55 Å². The number of phenolic OH excluding ortho intramolecular Hbond substituents is 2. The highest BCUT2D eigenvalue weighted by Crippen LogP contribution is 2.38. The zero-order valence-corrected chi connectivity index (χ0v) is 18.6. The van der Waals surface area contributed by atoms with Crippen LogP contribution in [0, 0.1) is 0 Å². The van der Waals surface area contributed by atoms with E-state index in [0.717, 1.165) is 0 Å². The number of rotatable bonds is 7. The van der Waals surface area contributed by atoms with E-state index >= 15 is 0 Å². The number of aromatic carboxylic acids is 1. The Kier molecular flexibility index (Phi) is 6.01. The molecule has 3 N–H and O–H groups in total. The standard InChI is InChI=1S/C25H22N2O7/c1-32-15-5-8-17(21(28)11-15)20-13-27(14-4-7-19(25(30)31)23(10-14)34-3)24(26-20)18-9-6-16(33-2)12-22(18)29/h4-13,28-29H,1-3H3,(H,30,31). The molecule has 4 rings (SSSR count). The topological polar surface area (TPSA) is 123 Å². The van der Waals surface area contributed by atoms with Crippen LogP contribution in [0.5, 0.6) is 28.7 Å². The molecule has 1 heterocycles. The van der Waals surface area contributed by atoms with Gasteiger partial charge in [0, 0.05) is 30.0 Å². The Bertz CT molecular complexity index is 1380. The Labute approximate surface area is 195 Å². The lowest BCUT2D eigenvalue weighted by Gasteiger charge is -2.12. The number of carbonyl (C=O) groups is 1. The first-order valence-corrected chi connectivity index (χ1v) is 10.1. The number of aromatic hydroxyl groups is 2. The molecule has 0 saturated carbocycles. The number of carboxylic acids is 1. The van der Waals surface area contributed by atoms with E-state index in [9.17, 15) is 20.1 Å². The van der Waals surface area contributed by atoms with Crippen molar-refractivity contribution in [3.05, 3.63) is 66.4 Å². The van der Waals surface area contributed by atoms with Crippen LogP contribution >= 0.6 is 0 Å². The Balaban J connectivity index is 1.94. The largest absolute Gasteiger partial charge is 0.507 e. The molecule has 0 fully saturated rings. The third-order valence-electron chi connectivity index (χ3n) is 5.33. The van der Waals surface area contributed by atoms with Gasteiger partial charge in [-0.2, -0.15) is 0 Å². The molecule has 34 heavy (non-hydrogen) atoms. The second kappa shape index (κ2) is 9.07. The first kappa shape index (κ1) is 22.5. The van der Waals surface area contributed by atoms with Crippen molar-refractivity contribution in [1.29, 1.82) is 0 Å². The monoisotopic (exact) mass is 462 g/mol. The van der Waals surface area contributed by atoms with Gasteiger partial charge in [-0.25, -0.2) is 9.78 Å². The average molecular weight is 462 g/mol. The molecule has 0 spiro atoms. The summed E-state index contributed by atoms with van der Waals surface area (Å²) in [4.78, 5) is 16.2. The summed E-state index contributed by atoms with van der Waals surface area (Å²) >= 11 is 0. The number of hydrogen-bond donors (Lipinski definition) is 3. The van der Waals surface area contributed by atoms with Crippen molar-refractivity contribution in [3.63, 3.8) is 0 Å². The molecule has 0 radical (unpaired) electrons. The third kappa shape index (κ3) is 4.06. The SMILES string of the molecule is COc1ccc(-c2cn(-c3ccc(C(=O)O)c(OC)c3)c(-c3ccc(OC)cc3O)n2)c(O)c1. The number of imidazole rings is 1. The van der Waals surface area contributed by atoms with Crippen molar-refractivity contribution in [2.24, 2.45) is 0 Å². The minimum Gasteiger partial charge on any atom is -0.507 e. The van der Waals surface area contributed by atoms with Gasteiger partial charge in [0.2, 0.25) is 0 Å². The zero-order chi connectivity index (χ0) is 24.4. The van der Waals surface area contributed by atoms with Gasteiger partial charge in [-0.05, 0) is 36.4 Å². The van der Waals surface area contributed by atoms with E-state index in [4.69, 9.17) is 14.2 Å². The molecule has 0 aliphatic heterocycles. The minimum atomic E-state index is -1.12. The van der Waals surface area contributed by atoms with E-state index in [1.54, 1.807) is 47.2 Å². The van der Waals surface area contributed by atoms with Crippen LogP contribution in [0.25, 0.3) is 28.3 Å². The fourth-order valence-corrected chi connectivity index (χ4v) is 3.59. The van der Waals surface area contributed by atoms with Gasteiger partial charge in [0.05, 0.1) is 38.3 Å². The number of nitrogens with zero attached hydrogens (tertiary/aromatic N) is 2. The summed E-state index contributed by atoms with van der Waals surface area (Å²) in [7, 11) is 4.38. The summed E-state index contributed by atoms with van der Waals surface area (Å²) in [6, 6.07) is 14.3. The molecule has 4 aromatic rings. The average Bonchev–Trinajstić information content (AvgIpc) is 3.27. The second-order valence-corrected chi connectivity index (χ2v) is 7.28. The molecule has 0 atom stereocenters. The molecule has 0 bridgehead atoms. The van der Waals surface area contributed by atoms with Gasteiger partial charge in [0.1, 0.15) is 40.1 Å². The predicted octanol–water partition coefficient (Wildman–Crippen LogP) is 4.34. The fourth-order valence-electron chi connectivity index (χ4n) is 3.59. The highest BCUT2D eigenvalue weighted by atomic mass is 16.5. The van der Waals surface area contributed by atoms with Gasteiger partial charge in [-0.15, -0.1) is 0 Å². The van der Waals surface area contributed by atoms with Crippen molar-refractivity contribution in [2.45, 2.75) is 0 Å². The van der Waals surface area contributed by atoms with Crippen LogP contribution in [-0.2, 0) is 0 Å². The number of ether oxygens (including phenoxy) is 3. The van der Waals surface area contributed by atoms with Crippen molar-refractivity contribution in [2.75, 3.05) is 21.3 Å². The molecule has 0 amide bonds. The lowest BCUT2D eigenvalue weighted by atomic mass is 10.1. The van der Waals surface area contributed by atoms with Crippen LogP contribution in [-0.4, -0.2) is 52.2 Å². The third-order valence-corrected chi connectivity index (χ3v) is 5.33. The number of phenols is 2. The molecule has 9 nitrogen and oxygen atoms in total. The molecular weight excluding hydrogens is 440 g/mol. The van der Waals surface area contributed by atoms with E-state index in [0.29, 0.717) is 39.8 Å². The number of methoxy groups -OCH3 is 3. The minimum absolute atomic E-state index is 0.00762. The lowest BCUT2D eigenvalue weighted by Crippen LogP contribution is -2.03. The molecule has 9 heteroatoms. The van der Waals surface area contributed by atoms with Crippen LogP contribution in [0.1, 0.15) is 10.4 Å². The lowest BCUT2D eigenvalue weighted by molar-refractivity contribution is 0.0693. The van der Waals surface area contributed by atoms with Crippen LogP contribution in [0.4, 0.5) is 0 Å². The molecule has 174 valence electrons. The normalized spacial score (nSPS) is 10.7. The highest BCUT2D eigenvalue weighted by Gasteiger charge is 2.20. The summed E-state index contributed by atoms with van der Waals surface area (Å²) in [5, 5.41) is 30.6. The van der Waals surface area contributed by atoms with Crippen LogP contribution in [0.3, 0.4) is 0 Å². The number of carboxylic acid groups (broad SMARTS) is 1. The van der Waals surface area contributed by atoms with E-state index < -0.39 is 5.97 Å². The summed E-state index contributed by atoms with van der Waals surface area (Å²) in [5.74, 6) is 0.264. The highest BCUT2D eigenvalue weighted by molar-refractivity contribution is 5.91. The van der Waals surface area contributed by atoms with Crippen molar-refractivity contribution < 1.29 is 34.3 Å². The van der Waals surface area contributed by atoms with Gasteiger partial charge < -0.3 is 29.5 Å². The van der Waals surface area contributed by atoms with Crippen molar-refractivity contribution >= 4 is 5.97 Å². The van der Waals surface area contributed by atoms with E-state index in [-0.39, 0.29) is 22.8 Å². The molecule has 0 aliphatic rings. The zero-order valence-electron chi connectivity index (χ0n) is 18.6. The number of benzene rings is 3. The van der Waals surface area contributed by atoms with Gasteiger partial charge in [0.25, 0.3) is 0 Å². The predicted molar refractivity (Wildman–Crippen MR) is 124 cm³/mol. The molecule has 0 unspecified atom stereocenters. The number of aromatic nitrogens is 2. The van der Waals surface area contributed by atoms with Crippen LogP contribution < -0.4 is 14.2 Å². The Morgan fingerprint density at radius 1 is 0.824 bits per heavy atom. The van der Waals surface area contributed by atoms with Gasteiger partial charge in [-0.1, -0.05) is 0 Å². The molecular formula is C25H22N2O7. The fraction of sp³-hybridized carbons (Fsp3) is 0.120. The second-order valence-electron chi connectivity index (χ2n) is 7.28. The smallest absolute Gasteiger partial charge is 0.339 e. The quantitative estimate of drug-likeness (QED) is 0.371. The first-order valence-electron chi connectivity index (χ1n) is 10.1. The molecule has 3 aromatic carbocycles. The van der Waals surface area contributed by atoms with Gasteiger partial charge in [-0.3, -0.25) is 4.57 Å². The van der Waals surface area contributed by atoms with Crippen LogP contribution in [0.15, 0.2) is 60.8 Å². The maximum absolute atomic E-state index is 11.5. The molecule has 1 aromatic heterocycles. The van der Waals surface area contributed by atoms with Crippen LogP contribution in [0.2, 0.25) is 0 Å². The number of hydrogen-bond acceptors (Lipinski definition) is 7. The maximum atomic E-state index is 11.5. The molecule has 0 saturated heterocycles.